The molecule has 1 atom stereocenters. The minimum absolute atomic E-state index is 0.0509. The molecule has 0 aromatic heterocycles. The molecule has 0 spiro atoms. The maximum atomic E-state index is 12.7. The summed E-state index contributed by atoms with van der Waals surface area (Å²) in [4.78, 5) is 12.7. The highest BCUT2D eigenvalue weighted by Gasteiger charge is 2.36. The van der Waals surface area contributed by atoms with Crippen molar-refractivity contribution < 1.29 is 23.7 Å². The van der Waals surface area contributed by atoms with E-state index in [9.17, 15) is 10.1 Å². The number of carbonyl (C=O) groups is 1. The molecule has 0 fully saturated rings. The van der Waals surface area contributed by atoms with Gasteiger partial charge in [0.15, 0.2) is 11.5 Å². The molecule has 2 aromatic carbocycles. The minimum Gasteiger partial charge on any atom is -0.493 e. The summed E-state index contributed by atoms with van der Waals surface area (Å²) in [6.45, 7) is 3.82. The molecule has 1 heterocycles. The summed E-state index contributed by atoms with van der Waals surface area (Å²) in [7, 11) is 1.51. The van der Waals surface area contributed by atoms with Crippen LogP contribution in [0, 0.1) is 11.3 Å². The Morgan fingerprint density at radius 2 is 1.94 bits per heavy atom. The van der Waals surface area contributed by atoms with Gasteiger partial charge in [-0.15, -0.1) is 0 Å². The summed E-state index contributed by atoms with van der Waals surface area (Å²) in [5.74, 6) is -0.145. The lowest BCUT2D eigenvalue weighted by Crippen LogP contribution is -2.25. The molecule has 1 aliphatic heterocycles. The molecular weight excluding hydrogens is 432 g/mol. The van der Waals surface area contributed by atoms with Crippen molar-refractivity contribution in [3.05, 3.63) is 81.4 Å². The van der Waals surface area contributed by atoms with E-state index in [1.54, 1.807) is 44.2 Å². The maximum absolute atomic E-state index is 12.7. The fourth-order valence-electron chi connectivity index (χ4n) is 3.41. The molecule has 3 rings (SSSR count). The first-order valence-electron chi connectivity index (χ1n) is 9.90. The molecule has 0 bridgehead atoms. The highest BCUT2D eigenvalue weighted by molar-refractivity contribution is 6.30. The van der Waals surface area contributed by atoms with Gasteiger partial charge in [-0.25, -0.2) is 4.79 Å². The number of esters is 1. The standard InChI is InChI=1S/C24H23ClN2O5/c1-4-30-24(28)21-14(2)32-23(27)18(12-26)22(21)16-7-10-19(20(11-16)29-3)31-13-15-5-8-17(25)9-6-15/h5-11,22H,4,13,27H2,1-3H3/t22-/m1/s1. The van der Waals surface area contributed by atoms with Crippen molar-refractivity contribution in [2.75, 3.05) is 13.7 Å². The number of ether oxygens (including phenoxy) is 4. The van der Waals surface area contributed by atoms with E-state index >= 15 is 0 Å². The van der Waals surface area contributed by atoms with Crippen molar-refractivity contribution in [2.24, 2.45) is 5.73 Å². The van der Waals surface area contributed by atoms with Crippen LogP contribution in [-0.2, 0) is 20.9 Å². The van der Waals surface area contributed by atoms with Crippen LogP contribution in [0.2, 0.25) is 5.02 Å². The number of benzene rings is 2. The number of nitrogens with zero attached hydrogens (tertiary/aromatic N) is 1. The van der Waals surface area contributed by atoms with Crippen molar-refractivity contribution in [1.29, 1.82) is 5.26 Å². The third-order valence-electron chi connectivity index (χ3n) is 4.93. The summed E-state index contributed by atoms with van der Waals surface area (Å²) in [6, 6.07) is 14.6. The lowest BCUT2D eigenvalue weighted by Gasteiger charge is -2.27. The number of rotatable bonds is 7. The highest BCUT2D eigenvalue weighted by atomic mass is 35.5. The normalized spacial score (nSPS) is 15.7. The summed E-state index contributed by atoms with van der Waals surface area (Å²) in [5.41, 5.74) is 7.85. The smallest absolute Gasteiger partial charge is 0.338 e. The lowest BCUT2D eigenvalue weighted by molar-refractivity contribution is -0.139. The molecule has 0 saturated carbocycles. The van der Waals surface area contributed by atoms with E-state index in [1.165, 1.54) is 7.11 Å². The van der Waals surface area contributed by atoms with Crippen molar-refractivity contribution in [1.82, 2.24) is 0 Å². The van der Waals surface area contributed by atoms with Crippen molar-refractivity contribution in [3.8, 4) is 17.6 Å². The summed E-state index contributed by atoms with van der Waals surface area (Å²) >= 11 is 5.92. The third-order valence-corrected chi connectivity index (χ3v) is 5.18. The third kappa shape index (κ3) is 4.82. The molecular formula is C24H23ClN2O5. The number of hydrogen-bond acceptors (Lipinski definition) is 7. The van der Waals surface area contributed by atoms with Gasteiger partial charge in [-0.05, 0) is 49.2 Å². The van der Waals surface area contributed by atoms with E-state index in [0.29, 0.717) is 28.7 Å². The predicted molar refractivity (Wildman–Crippen MR) is 119 cm³/mol. The second-order valence-corrected chi connectivity index (χ2v) is 7.38. The Labute approximate surface area is 191 Å². The fraction of sp³-hybridized carbons (Fsp3) is 0.250. The van der Waals surface area contributed by atoms with Crippen LogP contribution in [0.1, 0.15) is 30.9 Å². The Kier molecular flexibility index (Phi) is 7.29. The van der Waals surface area contributed by atoms with E-state index in [-0.39, 0.29) is 29.4 Å². The van der Waals surface area contributed by atoms with E-state index in [4.69, 9.17) is 36.3 Å². The Balaban J connectivity index is 1.97. The molecule has 2 N–H and O–H groups in total. The Hall–Kier alpha value is -3.63. The van der Waals surface area contributed by atoms with Gasteiger partial charge in [0, 0.05) is 5.02 Å². The van der Waals surface area contributed by atoms with Crippen LogP contribution in [0.4, 0.5) is 0 Å². The Bertz CT molecular complexity index is 1120. The van der Waals surface area contributed by atoms with Crippen LogP contribution >= 0.6 is 11.6 Å². The van der Waals surface area contributed by atoms with Crippen molar-refractivity contribution in [2.45, 2.75) is 26.4 Å². The van der Waals surface area contributed by atoms with Gasteiger partial charge in [0.25, 0.3) is 0 Å². The number of allylic oxidation sites excluding steroid dienone is 2. The number of halogens is 1. The SMILES string of the molecule is CCOC(=O)C1=C(C)OC(N)=C(C#N)[C@H]1c1ccc(OCc2ccc(Cl)cc2)c(OC)c1. The lowest BCUT2D eigenvalue weighted by atomic mass is 9.83. The number of nitrogens with two attached hydrogens (primary N) is 1. The summed E-state index contributed by atoms with van der Waals surface area (Å²) in [5, 5.41) is 10.4. The fourth-order valence-corrected chi connectivity index (χ4v) is 3.54. The van der Waals surface area contributed by atoms with Crippen LogP contribution in [0.15, 0.2) is 65.3 Å². The van der Waals surface area contributed by atoms with Gasteiger partial charge < -0.3 is 24.7 Å². The molecule has 0 unspecified atom stereocenters. The van der Waals surface area contributed by atoms with Crippen LogP contribution < -0.4 is 15.2 Å². The topological polar surface area (TPSA) is 104 Å². The number of hydrogen-bond donors (Lipinski definition) is 1. The Morgan fingerprint density at radius 3 is 2.56 bits per heavy atom. The Morgan fingerprint density at radius 1 is 1.22 bits per heavy atom. The number of carbonyl (C=O) groups excluding carboxylic acids is 1. The zero-order valence-corrected chi connectivity index (χ0v) is 18.7. The van der Waals surface area contributed by atoms with Crippen molar-refractivity contribution >= 4 is 17.6 Å². The zero-order valence-electron chi connectivity index (χ0n) is 18.0. The maximum Gasteiger partial charge on any atom is 0.338 e. The van der Waals surface area contributed by atoms with E-state index < -0.39 is 11.9 Å². The largest absolute Gasteiger partial charge is 0.493 e. The average Bonchev–Trinajstić information content (AvgIpc) is 2.78. The van der Waals surface area contributed by atoms with Crippen LogP contribution in [0.3, 0.4) is 0 Å². The first kappa shape index (κ1) is 23.0. The zero-order chi connectivity index (χ0) is 23.3. The van der Waals surface area contributed by atoms with Gasteiger partial charge in [0.1, 0.15) is 24.0 Å². The summed E-state index contributed by atoms with van der Waals surface area (Å²) in [6.07, 6.45) is 0. The molecule has 0 saturated heterocycles. The van der Waals surface area contributed by atoms with Crippen LogP contribution in [0.25, 0.3) is 0 Å². The van der Waals surface area contributed by atoms with E-state index in [0.717, 1.165) is 5.56 Å². The minimum atomic E-state index is -0.757. The second-order valence-electron chi connectivity index (χ2n) is 6.94. The molecule has 166 valence electrons. The van der Waals surface area contributed by atoms with Crippen molar-refractivity contribution in [3.63, 3.8) is 0 Å². The molecule has 7 nitrogen and oxygen atoms in total. The molecule has 2 aromatic rings. The monoisotopic (exact) mass is 454 g/mol. The molecule has 0 aliphatic carbocycles. The first-order chi connectivity index (χ1) is 15.4. The molecule has 0 radical (unpaired) electrons. The molecule has 0 amide bonds. The van der Waals surface area contributed by atoms with Gasteiger partial charge in [-0.3, -0.25) is 0 Å². The second kappa shape index (κ2) is 10.1. The number of methoxy groups -OCH3 is 1. The highest BCUT2D eigenvalue weighted by Crippen LogP contribution is 2.42. The molecule has 8 heteroatoms. The van der Waals surface area contributed by atoms with Gasteiger partial charge in [-0.2, -0.15) is 5.26 Å². The summed E-state index contributed by atoms with van der Waals surface area (Å²) < 4.78 is 22.1. The van der Waals surface area contributed by atoms with Gasteiger partial charge >= 0.3 is 5.97 Å². The van der Waals surface area contributed by atoms with Gasteiger partial charge in [0.2, 0.25) is 5.88 Å². The van der Waals surface area contributed by atoms with Crippen LogP contribution in [-0.4, -0.2) is 19.7 Å². The predicted octanol–water partition coefficient (Wildman–Crippen LogP) is 4.57. The van der Waals surface area contributed by atoms with Crippen LogP contribution in [0.5, 0.6) is 11.5 Å². The molecule has 32 heavy (non-hydrogen) atoms. The average molecular weight is 455 g/mol. The molecule has 1 aliphatic rings. The quantitative estimate of drug-likeness (QED) is 0.611. The van der Waals surface area contributed by atoms with Gasteiger partial charge in [-0.1, -0.05) is 29.8 Å². The van der Waals surface area contributed by atoms with E-state index in [2.05, 4.69) is 6.07 Å². The van der Waals surface area contributed by atoms with Gasteiger partial charge in [0.05, 0.1) is 25.2 Å². The first-order valence-corrected chi connectivity index (χ1v) is 10.3. The van der Waals surface area contributed by atoms with E-state index in [1.807, 2.05) is 12.1 Å². The number of nitriles is 1.